The van der Waals surface area contributed by atoms with Gasteiger partial charge in [0.15, 0.2) is 0 Å². The Morgan fingerprint density at radius 1 is 0.893 bits per heavy atom. The van der Waals surface area contributed by atoms with E-state index in [1.54, 1.807) is 24.3 Å². The quantitative estimate of drug-likeness (QED) is 0.581. The molecule has 0 saturated carbocycles. The normalized spacial score (nSPS) is 10.2. The number of rotatable bonds is 6. The van der Waals surface area contributed by atoms with Crippen LogP contribution in [0.5, 0.6) is 0 Å². The van der Waals surface area contributed by atoms with Gasteiger partial charge in [0.25, 0.3) is 5.91 Å². The zero-order valence-corrected chi connectivity index (χ0v) is 16.5. The van der Waals surface area contributed by atoms with Crippen LogP contribution in [0.15, 0.2) is 66.7 Å². The first-order chi connectivity index (χ1) is 13.5. The number of amides is 3. The minimum atomic E-state index is -0.346. The van der Waals surface area contributed by atoms with Gasteiger partial charge in [0.2, 0.25) is 0 Å². The lowest BCUT2D eigenvalue weighted by molar-refractivity contribution is 0.0955. The SMILES string of the molecule is CN(C)c1ccc(CNC(=O)c2ccc(NC(=O)Nc3ccccc3)s2)cc1. The summed E-state index contributed by atoms with van der Waals surface area (Å²) in [6.45, 7) is 0.446. The van der Waals surface area contributed by atoms with Crippen molar-refractivity contribution in [2.75, 3.05) is 29.6 Å². The van der Waals surface area contributed by atoms with Gasteiger partial charge in [-0.05, 0) is 42.0 Å². The lowest BCUT2D eigenvalue weighted by atomic mass is 10.2. The van der Waals surface area contributed by atoms with Gasteiger partial charge in [0.05, 0.1) is 9.88 Å². The number of anilines is 3. The van der Waals surface area contributed by atoms with E-state index < -0.39 is 0 Å². The fourth-order valence-electron chi connectivity index (χ4n) is 2.50. The number of benzene rings is 2. The Morgan fingerprint density at radius 2 is 1.61 bits per heavy atom. The Balaban J connectivity index is 1.51. The van der Waals surface area contributed by atoms with Gasteiger partial charge in [-0.3, -0.25) is 10.1 Å². The van der Waals surface area contributed by atoms with Crippen molar-refractivity contribution < 1.29 is 9.59 Å². The van der Waals surface area contributed by atoms with Crippen LogP contribution in [0.3, 0.4) is 0 Å². The smallest absolute Gasteiger partial charge is 0.324 e. The van der Waals surface area contributed by atoms with Gasteiger partial charge in [-0.15, -0.1) is 11.3 Å². The molecule has 6 nitrogen and oxygen atoms in total. The summed E-state index contributed by atoms with van der Waals surface area (Å²) in [5.41, 5.74) is 2.84. The number of nitrogens with one attached hydrogen (secondary N) is 3. The molecule has 3 N–H and O–H groups in total. The molecule has 28 heavy (non-hydrogen) atoms. The number of hydrogen-bond donors (Lipinski definition) is 3. The van der Waals surface area contributed by atoms with E-state index in [1.165, 1.54) is 11.3 Å². The van der Waals surface area contributed by atoms with E-state index in [9.17, 15) is 9.59 Å². The highest BCUT2D eigenvalue weighted by Gasteiger charge is 2.11. The van der Waals surface area contributed by atoms with Gasteiger partial charge in [0, 0.05) is 32.0 Å². The Hall–Kier alpha value is -3.32. The van der Waals surface area contributed by atoms with Crippen molar-refractivity contribution >= 4 is 39.7 Å². The second-order valence-corrected chi connectivity index (χ2v) is 7.44. The predicted octanol–water partition coefficient (Wildman–Crippen LogP) is 4.39. The summed E-state index contributed by atoms with van der Waals surface area (Å²) in [6, 6.07) is 20.3. The molecule has 0 aliphatic heterocycles. The summed E-state index contributed by atoms with van der Waals surface area (Å²) in [5.74, 6) is -0.168. The van der Waals surface area contributed by atoms with Crippen LogP contribution in [0.4, 0.5) is 21.2 Å². The van der Waals surface area contributed by atoms with E-state index in [0.717, 1.165) is 11.3 Å². The Labute approximate surface area is 168 Å². The minimum Gasteiger partial charge on any atom is -0.378 e. The molecule has 2 aromatic carbocycles. The largest absolute Gasteiger partial charge is 0.378 e. The molecule has 0 aliphatic carbocycles. The molecule has 0 unspecified atom stereocenters. The van der Waals surface area contributed by atoms with Crippen molar-refractivity contribution in [2.24, 2.45) is 0 Å². The van der Waals surface area contributed by atoms with E-state index in [0.29, 0.717) is 22.1 Å². The van der Waals surface area contributed by atoms with Gasteiger partial charge >= 0.3 is 6.03 Å². The molecule has 1 aromatic heterocycles. The monoisotopic (exact) mass is 394 g/mol. The number of para-hydroxylation sites is 1. The van der Waals surface area contributed by atoms with E-state index >= 15 is 0 Å². The Bertz CT molecular complexity index is 937. The zero-order valence-electron chi connectivity index (χ0n) is 15.7. The van der Waals surface area contributed by atoms with Crippen LogP contribution in [-0.2, 0) is 6.54 Å². The van der Waals surface area contributed by atoms with Crippen LogP contribution in [0.1, 0.15) is 15.2 Å². The van der Waals surface area contributed by atoms with E-state index in [4.69, 9.17) is 0 Å². The second kappa shape index (κ2) is 9.05. The second-order valence-electron chi connectivity index (χ2n) is 6.35. The Kier molecular flexibility index (Phi) is 6.29. The molecule has 144 valence electrons. The highest BCUT2D eigenvalue weighted by atomic mass is 32.1. The summed E-state index contributed by atoms with van der Waals surface area (Å²) in [7, 11) is 3.97. The van der Waals surface area contributed by atoms with Gasteiger partial charge < -0.3 is 15.5 Å². The van der Waals surface area contributed by atoms with E-state index in [2.05, 4.69) is 16.0 Å². The number of thiophene rings is 1. The highest BCUT2D eigenvalue weighted by Crippen LogP contribution is 2.22. The van der Waals surface area contributed by atoms with Gasteiger partial charge in [-0.2, -0.15) is 0 Å². The van der Waals surface area contributed by atoms with Crippen molar-refractivity contribution in [3.05, 3.63) is 77.2 Å². The molecule has 0 aliphatic rings. The molecule has 0 radical (unpaired) electrons. The molecule has 0 fully saturated rings. The molecule has 0 bridgehead atoms. The molecule has 1 heterocycles. The third-order valence-corrected chi connectivity index (χ3v) is 5.00. The average molecular weight is 394 g/mol. The molecule has 0 atom stereocenters. The van der Waals surface area contributed by atoms with Crippen LogP contribution < -0.4 is 20.9 Å². The lowest BCUT2D eigenvalue weighted by Gasteiger charge is -2.12. The van der Waals surface area contributed by atoms with Crippen LogP contribution in [0.2, 0.25) is 0 Å². The molecule has 0 spiro atoms. The third kappa shape index (κ3) is 5.34. The first-order valence-electron chi connectivity index (χ1n) is 8.78. The van der Waals surface area contributed by atoms with Gasteiger partial charge in [0.1, 0.15) is 0 Å². The summed E-state index contributed by atoms with van der Waals surface area (Å²) < 4.78 is 0. The van der Waals surface area contributed by atoms with E-state index in [1.807, 2.05) is 61.5 Å². The fourth-order valence-corrected chi connectivity index (χ4v) is 3.32. The van der Waals surface area contributed by atoms with Gasteiger partial charge in [-0.25, -0.2) is 4.79 Å². The number of nitrogens with zero attached hydrogens (tertiary/aromatic N) is 1. The van der Waals surface area contributed by atoms with Crippen LogP contribution in [-0.4, -0.2) is 26.0 Å². The summed E-state index contributed by atoms with van der Waals surface area (Å²) >= 11 is 1.23. The first-order valence-corrected chi connectivity index (χ1v) is 9.60. The predicted molar refractivity (Wildman–Crippen MR) is 115 cm³/mol. The third-order valence-electron chi connectivity index (χ3n) is 4.00. The molecule has 7 heteroatoms. The van der Waals surface area contributed by atoms with Crippen molar-refractivity contribution in [2.45, 2.75) is 6.54 Å². The molecular weight excluding hydrogens is 372 g/mol. The fraction of sp³-hybridized carbons (Fsp3) is 0.143. The maximum atomic E-state index is 12.3. The number of hydrogen-bond acceptors (Lipinski definition) is 4. The topological polar surface area (TPSA) is 73.5 Å². The molecular formula is C21H22N4O2S. The van der Waals surface area contributed by atoms with Crippen LogP contribution >= 0.6 is 11.3 Å². The maximum Gasteiger partial charge on any atom is 0.324 e. The van der Waals surface area contributed by atoms with Crippen LogP contribution in [0.25, 0.3) is 0 Å². The summed E-state index contributed by atoms with van der Waals surface area (Å²) in [6.07, 6.45) is 0. The summed E-state index contributed by atoms with van der Waals surface area (Å²) in [5, 5.41) is 8.99. The average Bonchev–Trinajstić information content (AvgIpc) is 3.15. The van der Waals surface area contributed by atoms with Crippen molar-refractivity contribution in [1.82, 2.24) is 5.32 Å². The van der Waals surface area contributed by atoms with E-state index in [-0.39, 0.29) is 11.9 Å². The number of carbonyl (C=O) groups excluding carboxylic acids is 2. The maximum absolute atomic E-state index is 12.3. The standard InChI is InChI=1S/C21H22N4O2S/c1-25(2)17-10-8-15(9-11-17)14-22-20(26)18-12-13-19(28-18)24-21(27)23-16-6-4-3-5-7-16/h3-13H,14H2,1-2H3,(H,22,26)(H2,23,24,27). The zero-order chi connectivity index (χ0) is 19.9. The summed E-state index contributed by atoms with van der Waals surface area (Å²) in [4.78, 5) is 26.9. The molecule has 3 amide bonds. The molecule has 0 saturated heterocycles. The lowest BCUT2D eigenvalue weighted by Crippen LogP contribution is -2.21. The van der Waals surface area contributed by atoms with Gasteiger partial charge in [-0.1, -0.05) is 30.3 Å². The minimum absolute atomic E-state index is 0.168. The highest BCUT2D eigenvalue weighted by molar-refractivity contribution is 7.18. The Morgan fingerprint density at radius 3 is 2.29 bits per heavy atom. The number of urea groups is 1. The molecule has 3 rings (SSSR count). The first kappa shape index (κ1) is 19.4. The molecule has 3 aromatic rings. The van der Waals surface area contributed by atoms with Crippen molar-refractivity contribution in [1.29, 1.82) is 0 Å². The number of carbonyl (C=O) groups is 2. The van der Waals surface area contributed by atoms with Crippen LogP contribution in [0, 0.1) is 0 Å². The van der Waals surface area contributed by atoms with Crippen molar-refractivity contribution in [3.63, 3.8) is 0 Å². The van der Waals surface area contributed by atoms with Crippen molar-refractivity contribution in [3.8, 4) is 0 Å².